The Bertz CT molecular complexity index is 1200. The number of nitro groups is 1. The van der Waals surface area contributed by atoms with E-state index in [0.29, 0.717) is 10.9 Å². The van der Waals surface area contributed by atoms with Gasteiger partial charge in [0.2, 0.25) is 5.95 Å². The van der Waals surface area contributed by atoms with Gasteiger partial charge in [-0.25, -0.2) is 9.78 Å². The molecule has 0 bridgehead atoms. The predicted octanol–water partition coefficient (Wildman–Crippen LogP) is 2.76. The molecule has 124 valence electrons. The van der Waals surface area contributed by atoms with Gasteiger partial charge in [0.15, 0.2) is 10.8 Å². The van der Waals surface area contributed by atoms with Gasteiger partial charge in [-0.1, -0.05) is 23.7 Å². The van der Waals surface area contributed by atoms with Crippen LogP contribution >= 0.6 is 11.6 Å². The third-order valence-corrected chi connectivity index (χ3v) is 3.72. The molecule has 1 aromatic carbocycles. The molecule has 10 nitrogen and oxygen atoms in total. The summed E-state index contributed by atoms with van der Waals surface area (Å²) in [5, 5.41) is 14.4. The van der Waals surface area contributed by atoms with Crippen molar-refractivity contribution in [1.82, 2.24) is 19.9 Å². The first-order valence-electron chi connectivity index (χ1n) is 6.88. The zero-order chi connectivity index (χ0) is 17.6. The molecule has 0 amide bonds. The number of anilines is 2. The molecule has 3 aromatic heterocycles. The van der Waals surface area contributed by atoms with Crippen LogP contribution in [0.15, 0.2) is 39.8 Å². The van der Waals surface area contributed by atoms with E-state index in [1.54, 1.807) is 18.2 Å². The van der Waals surface area contributed by atoms with E-state index in [0.717, 1.165) is 0 Å². The van der Waals surface area contributed by atoms with Crippen molar-refractivity contribution in [3.05, 3.63) is 56.3 Å². The Labute approximate surface area is 142 Å². The van der Waals surface area contributed by atoms with Crippen LogP contribution < -0.4 is 10.9 Å². The fraction of sp³-hybridized carbons (Fsp3) is 0. The van der Waals surface area contributed by atoms with E-state index in [1.807, 2.05) is 0 Å². The summed E-state index contributed by atoms with van der Waals surface area (Å²) in [5.41, 5.74) is -1.02. The number of aromatic amines is 1. The van der Waals surface area contributed by atoms with Crippen molar-refractivity contribution in [3.8, 4) is 0 Å². The largest absolute Gasteiger partial charge is 0.418 e. The lowest BCUT2D eigenvalue weighted by Crippen LogP contribution is -2.11. The number of para-hydroxylation sites is 1. The molecule has 4 rings (SSSR count). The number of hydrogen-bond acceptors (Lipinski definition) is 8. The Morgan fingerprint density at radius 1 is 1.28 bits per heavy atom. The van der Waals surface area contributed by atoms with Gasteiger partial charge in [0.05, 0.1) is 11.3 Å². The van der Waals surface area contributed by atoms with Crippen molar-refractivity contribution in [1.29, 1.82) is 0 Å². The third-order valence-electron chi connectivity index (χ3n) is 3.45. The number of hydrogen-bond donors (Lipinski definition) is 2. The maximum absolute atomic E-state index is 12.0. The van der Waals surface area contributed by atoms with Gasteiger partial charge in [-0.2, -0.15) is 9.97 Å². The Hall–Kier alpha value is -3.53. The number of imidazole rings is 1. The van der Waals surface area contributed by atoms with Gasteiger partial charge < -0.3 is 14.7 Å². The SMILES string of the molecule is O=c1oc2ccccc2c(Nc2nc(Cl)c3[nH]cnc3n2)c1[N+](=O)[O-]. The van der Waals surface area contributed by atoms with Gasteiger partial charge in [0, 0.05) is 5.39 Å². The smallest absolute Gasteiger partial charge is 0.417 e. The first kappa shape index (κ1) is 15.0. The van der Waals surface area contributed by atoms with E-state index in [-0.39, 0.29) is 28.0 Å². The maximum Gasteiger partial charge on any atom is 0.417 e. The summed E-state index contributed by atoms with van der Waals surface area (Å²) in [6.07, 6.45) is 1.39. The second-order valence-corrected chi connectivity index (χ2v) is 5.29. The number of halogens is 1. The first-order valence-corrected chi connectivity index (χ1v) is 7.26. The summed E-state index contributed by atoms with van der Waals surface area (Å²) in [4.78, 5) is 37.4. The molecule has 0 unspecified atom stereocenters. The van der Waals surface area contributed by atoms with E-state index in [9.17, 15) is 14.9 Å². The Kier molecular flexibility index (Phi) is 3.32. The van der Waals surface area contributed by atoms with Crippen LogP contribution in [-0.4, -0.2) is 24.9 Å². The predicted molar refractivity (Wildman–Crippen MR) is 89.1 cm³/mol. The first-order chi connectivity index (χ1) is 12.0. The van der Waals surface area contributed by atoms with Crippen LogP contribution in [0.25, 0.3) is 22.1 Å². The van der Waals surface area contributed by atoms with Gasteiger partial charge >= 0.3 is 11.3 Å². The van der Waals surface area contributed by atoms with Crippen LogP contribution in [0.4, 0.5) is 17.3 Å². The second-order valence-electron chi connectivity index (χ2n) is 4.93. The maximum atomic E-state index is 12.0. The average Bonchev–Trinajstić information content (AvgIpc) is 3.03. The molecule has 2 N–H and O–H groups in total. The van der Waals surface area contributed by atoms with Crippen LogP contribution in [0.1, 0.15) is 0 Å². The van der Waals surface area contributed by atoms with E-state index < -0.39 is 16.2 Å². The van der Waals surface area contributed by atoms with E-state index in [2.05, 4.69) is 25.3 Å². The van der Waals surface area contributed by atoms with E-state index in [4.69, 9.17) is 16.0 Å². The summed E-state index contributed by atoms with van der Waals surface area (Å²) in [7, 11) is 0. The topological polar surface area (TPSA) is 140 Å². The average molecular weight is 359 g/mol. The Morgan fingerprint density at radius 2 is 2.08 bits per heavy atom. The van der Waals surface area contributed by atoms with Crippen molar-refractivity contribution in [2.45, 2.75) is 0 Å². The number of H-pyrrole nitrogens is 1. The minimum atomic E-state index is -1.09. The molecule has 3 heterocycles. The molecule has 4 aromatic rings. The monoisotopic (exact) mass is 358 g/mol. The summed E-state index contributed by atoms with van der Waals surface area (Å²) in [5.74, 6) is -0.0385. The number of fused-ring (bicyclic) bond motifs is 2. The summed E-state index contributed by atoms with van der Waals surface area (Å²) >= 11 is 6.05. The lowest BCUT2D eigenvalue weighted by atomic mass is 10.2. The number of nitrogens with one attached hydrogen (secondary N) is 2. The highest BCUT2D eigenvalue weighted by atomic mass is 35.5. The van der Waals surface area contributed by atoms with Crippen LogP contribution in [0.3, 0.4) is 0 Å². The summed E-state index contributed by atoms with van der Waals surface area (Å²) in [6.45, 7) is 0. The second kappa shape index (κ2) is 5.53. The lowest BCUT2D eigenvalue weighted by molar-refractivity contribution is -0.386. The Morgan fingerprint density at radius 3 is 2.88 bits per heavy atom. The quantitative estimate of drug-likeness (QED) is 0.246. The number of benzene rings is 1. The summed E-state index contributed by atoms with van der Waals surface area (Å²) in [6, 6.07) is 6.39. The van der Waals surface area contributed by atoms with Crippen LogP contribution in [0.5, 0.6) is 0 Å². The van der Waals surface area contributed by atoms with Gasteiger partial charge in [0.25, 0.3) is 0 Å². The van der Waals surface area contributed by atoms with Crippen LogP contribution in [0.2, 0.25) is 5.15 Å². The standard InChI is InChI=1S/C14H7ClN6O4/c15-11-9-12(17-5-16-9)20-14(19-11)18-8-6-3-1-2-4-7(6)25-13(22)10(8)21(23)24/h1-5H,(H2,16,17,18,19,20). The Balaban J connectivity index is 1.97. The number of aromatic nitrogens is 4. The molecular weight excluding hydrogens is 352 g/mol. The zero-order valence-corrected chi connectivity index (χ0v) is 12.9. The molecule has 0 saturated heterocycles. The molecule has 0 saturated carbocycles. The normalized spacial score (nSPS) is 11.1. The highest BCUT2D eigenvalue weighted by Gasteiger charge is 2.25. The third kappa shape index (κ3) is 2.44. The minimum Gasteiger partial charge on any atom is -0.418 e. The fourth-order valence-corrected chi connectivity index (χ4v) is 2.62. The molecule has 0 radical (unpaired) electrons. The minimum absolute atomic E-state index is 0.0385. The molecule has 0 aliphatic carbocycles. The van der Waals surface area contributed by atoms with Crippen molar-refractivity contribution in [2.75, 3.05) is 5.32 Å². The molecule has 0 aliphatic heterocycles. The molecule has 0 atom stereocenters. The van der Waals surface area contributed by atoms with Gasteiger partial charge in [-0.05, 0) is 12.1 Å². The zero-order valence-electron chi connectivity index (χ0n) is 12.2. The highest BCUT2D eigenvalue weighted by molar-refractivity contribution is 6.33. The molecule has 11 heteroatoms. The number of nitrogens with zero attached hydrogens (tertiary/aromatic N) is 4. The van der Waals surface area contributed by atoms with E-state index >= 15 is 0 Å². The van der Waals surface area contributed by atoms with E-state index in [1.165, 1.54) is 12.4 Å². The summed E-state index contributed by atoms with van der Waals surface area (Å²) < 4.78 is 4.99. The molecule has 25 heavy (non-hydrogen) atoms. The van der Waals surface area contributed by atoms with Crippen molar-refractivity contribution < 1.29 is 9.34 Å². The fourth-order valence-electron chi connectivity index (χ4n) is 2.40. The van der Waals surface area contributed by atoms with Gasteiger partial charge in [-0.15, -0.1) is 0 Å². The molecule has 0 aliphatic rings. The van der Waals surface area contributed by atoms with Crippen LogP contribution in [0, 0.1) is 10.1 Å². The van der Waals surface area contributed by atoms with Crippen molar-refractivity contribution in [2.24, 2.45) is 0 Å². The molecular formula is C14H7ClN6O4. The lowest BCUT2D eigenvalue weighted by Gasteiger charge is -2.08. The van der Waals surface area contributed by atoms with Gasteiger partial charge in [0.1, 0.15) is 16.8 Å². The number of rotatable bonds is 3. The molecule has 0 fully saturated rings. The van der Waals surface area contributed by atoms with Crippen molar-refractivity contribution >= 4 is 51.1 Å². The van der Waals surface area contributed by atoms with Crippen LogP contribution in [-0.2, 0) is 0 Å². The van der Waals surface area contributed by atoms with Crippen molar-refractivity contribution in [3.63, 3.8) is 0 Å². The highest BCUT2D eigenvalue weighted by Crippen LogP contribution is 2.32. The molecule has 0 spiro atoms. The van der Waals surface area contributed by atoms with Gasteiger partial charge in [-0.3, -0.25) is 10.1 Å².